The van der Waals surface area contributed by atoms with Gasteiger partial charge in [0.1, 0.15) is 5.82 Å². The van der Waals surface area contributed by atoms with Crippen LogP contribution in [0.25, 0.3) is 0 Å². The third kappa shape index (κ3) is 6.70. The first-order valence-electron chi connectivity index (χ1n) is 10.7. The van der Waals surface area contributed by atoms with Gasteiger partial charge in [0.15, 0.2) is 0 Å². The highest BCUT2D eigenvalue weighted by atomic mass is 35.5. The molecule has 4 nitrogen and oxygen atoms in total. The van der Waals surface area contributed by atoms with Crippen LogP contribution in [0.5, 0.6) is 0 Å². The Balaban J connectivity index is 0.00000150. The van der Waals surface area contributed by atoms with Crippen LogP contribution in [0.3, 0.4) is 0 Å². The van der Waals surface area contributed by atoms with Crippen molar-refractivity contribution in [2.24, 2.45) is 17.8 Å². The summed E-state index contributed by atoms with van der Waals surface area (Å²) in [4.78, 5) is 4.57. The normalized spacial score (nSPS) is 27.4. The maximum atomic E-state index is 13.0. The number of anilines is 1. The Morgan fingerprint density at radius 1 is 1.03 bits per heavy atom. The van der Waals surface area contributed by atoms with E-state index in [1.165, 1.54) is 44.2 Å². The molecule has 1 aromatic rings. The van der Waals surface area contributed by atoms with Crippen LogP contribution < -0.4 is 4.90 Å². The highest BCUT2D eigenvalue weighted by Crippen LogP contribution is 2.49. The minimum Gasteiger partial charge on any atom is -0.389 e. The lowest BCUT2D eigenvalue weighted by atomic mass is 9.87. The molecule has 3 aliphatic rings. The van der Waals surface area contributed by atoms with Crippen molar-refractivity contribution in [3.63, 3.8) is 0 Å². The zero-order valence-electron chi connectivity index (χ0n) is 17.0. The molecule has 1 aliphatic heterocycles. The van der Waals surface area contributed by atoms with Crippen LogP contribution in [0.4, 0.5) is 10.1 Å². The number of fused-ring (bicyclic) bond motifs is 2. The molecular formula is C22H35Cl2FN2O2. The molecule has 0 amide bonds. The third-order valence-corrected chi connectivity index (χ3v) is 6.86. The Kier molecular flexibility index (Phi) is 9.96. The van der Waals surface area contributed by atoms with Crippen LogP contribution in [-0.2, 0) is 4.74 Å². The average Bonchev–Trinajstić information content (AvgIpc) is 3.30. The first-order valence-corrected chi connectivity index (χ1v) is 10.7. The lowest BCUT2D eigenvalue weighted by Gasteiger charge is -2.36. The fourth-order valence-electron chi connectivity index (χ4n) is 5.38. The van der Waals surface area contributed by atoms with E-state index in [2.05, 4.69) is 9.80 Å². The number of piperazine rings is 1. The van der Waals surface area contributed by atoms with Crippen LogP contribution >= 0.6 is 24.8 Å². The predicted molar refractivity (Wildman–Crippen MR) is 120 cm³/mol. The molecule has 29 heavy (non-hydrogen) atoms. The molecule has 1 N–H and O–H groups in total. The minimum absolute atomic E-state index is 0. The second-order valence-electron chi connectivity index (χ2n) is 8.72. The Morgan fingerprint density at radius 3 is 2.38 bits per heavy atom. The lowest BCUT2D eigenvalue weighted by molar-refractivity contribution is 0.0100. The van der Waals surface area contributed by atoms with Crippen molar-refractivity contribution in [1.29, 1.82) is 0 Å². The van der Waals surface area contributed by atoms with Gasteiger partial charge in [-0.1, -0.05) is 6.42 Å². The second kappa shape index (κ2) is 11.7. The molecule has 4 atom stereocenters. The van der Waals surface area contributed by atoms with Crippen LogP contribution in [0.2, 0.25) is 0 Å². The first-order chi connectivity index (χ1) is 13.2. The smallest absolute Gasteiger partial charge is 0.123 e. The molecular weight excluding hydrogens is 414 g/mol. The van der Waals surface area contributed by atoms with Gasteiger partial charge in [0.25, 0.3) is 0 Å². The molecule has 7 heteroatoms. The Bertz CT molecular complexity index is 599. The molecule has 2 bridgehead atoms. The molecule has 1 saturated heterocycles. The van der Waals surface area contributed by atoms with Gasteiger partial charge in [-0.2, -0.15) is 0 Å². The Morgan fingerprint density at radius 2 is 1.76 bits per heavy atom. The number of benzene rings is 1. The fraction of sp³-hybridized carbons (Fsp3) is 0.727. The molecule has 166 valence electrons. The molecule has 0 radical (unpaired) electrons. The summed E-state index contributed by atoms with van der Waals surface area (Å²) in [6, 6.07) is 6.70. The number of aliphatic hydroxyl groups excluding tert-OH is 1. The number of β-amino-alcohol motifs (C(OH)–C–C–N with tert-alkyl or cyclic N) is 1. The molecule has 2 saturated carbocycles. The van der Waals surface area contributed by atoms with Gasteiger partial charge < -0.3 is 14.7 Å². The zero-order valence-corrected chi connectivity index (χ0v) is 18.7. The van der Waals surface area contributed by atoms with E-state index in [0.29, 0.717) is 13.2 Å². The summed E-state index contributed by atoms with van der Waals surface area (Å²) in [5.41, 5.74) is 1.07. The molecule has 1 aromatic carbocycles. The van der Waals surface area contributed by atoms with Crippen molar-refractivity contribution in [3.05, 3.63) is 30.1 Å². The predicted octanol–water partition coefficient (Wildman–Crippen LogP) is 4.00. The van der Waals surface area contributed by atoms with E-state index in [9.17, 15) is 9.50 Å². The van der Waals surface area contributed by atoms with Crippen LogP contribution in [0.1, 0.15) is 32.1 Å². The monoisotopic (exact) mass is 448 g/mol. The van der Waals surface area contributed by atoms with Gasteiger partial charge in [0, 0.05) is 45.0 Å². The number of halogens is 3. The highest BCUT2D eigenvalue weighted by molar-refractivity contribution is 5.85. The SMILES string of the molecule is Cl.Cl.OC(COCCC1CC2CCC1C2)CN1CCN(c2ccc(F)cc2)CC1. The number of nitrogens with zero attached hydrogens (tertiary/aromatic N) is 2. The van der Waals surface area contributed by atoms with Crippen molar-refractivity contribution < 1.29 is 14.2 Å². The molecule has 3 fully saturated rings. The standard InChI is InChI=1S/C22H33FN2O2.2ClH/c23-20-3-5-21(6-4-20)25-10-8-24(9-11-25)15-22(26)16-27-12-7-19-14-17-1-2-18(19)13-17;;/h3-6,17-19,22,26H,1-2,7-16H2;2*1H. The maximum Gasteiger partial charge on any atom is 0.123 e. The summed E-state index contributed by atoms with van der Waals surface area (Å²) in [5, 5.41) is 10.3. The van der Waals surface area contributed by atoms with E-state index in [-0.39, 0.29) is 30.6 Å². The molecule has 0 spiro atoms. The van der Waals surface area contributed by atoms with Crippen LogP contribution in [-0.4, -0.2) is 62.0 Å². The zero-order chi connectivity index (χ0) is 18.6. The van der Waals surface area contributed by atoms with Crippen LogP contribution in [0, 0.1) is 23.6 Å². The second-order valence-corrected chi connectivity index (χ2v) is 8.72. The highest BCUT2D eigenvalue weighted by Gasteiger charge is 2.38. The van der Waals surface area contributed by atoms with E-state index in [1.54, 1.807) is 0 Å². The van der Waals surface area contributed by atoms with Gasteiger partial charge >= 0.3 is 0 Å². The summed E-state index contributed by atoms with van der Waals surface area (Å²) in [7, 11) is 0. The fourth-order valence-corrected chi connectivity index (χ4v) is 5.38. The molecule has 2 aliphatic carbocycles. The van der Waals surface area contributed by atoms with Crippen molar-refractivity contribution in [2.45, 2.75) is 38.2 Å². The summed E-state index contributed by atoms with van der Waals surface area (Å²) in [6.45, 7) is 5.56. The number of hydrogen-bond donors (Lipinski definition) is 1. The Hall–Kier alpha value is -0.590. The van der Waals surface area contributed by atoms with Gasteiger partial charge in [-0.25, -0.2) is 4.39 Å². The van der Waals surface area contributed by atoms with Gasteiger partial charge in [-0.05, 0) is 67.7 Å². The van der Waals surface area contributed by atoms with E-state index in [1.807, 2.05) is 12.1 Å². The molecule has 1 heterocycles. The van der Waals surface area contributed by atoms with Crippen molar-refractivity contribution in [3.8, 4) is 0 Å². The largest absolute Gasteiger partial charge is 0.389 e. The van der Waals surface area contributed by atoms with Gasteiger partial charge in [-0.3, -0.25) is 4.90 Å². The summed E-state index contributed by atoms with van der Waals surface area (Å²) in [5.74, 6) is 2.64. The summed E-state index contributed by atoms with van der Waals surface area (Å²) >= 11 is 0. The van der Waals surface area contributed by atoms with E-state index >= 15 is 0 Å². The van der Waals surface area contributed by atoms with E-state index in [0.717, 1.165) is 56.2 Å². The number of ether oxygens (including phenoxy) is 1. The topological polar surface area (TPSA) is 35.9 Å². The maximum absolute atomic E-state index is 13.0. The first kappa shape index (κ1) is 24.7. The van der Waals surface area contributed by atoms with Crippen molar-refractivity contribution >= 4 is 30.5 Å². The van der Waals surface area contributed by atoms with Crippen LogP contribution in [0.15, 0.2) is 24.3 Å². The van der Waals surface area contributed by atoms with Gasteiger partial charge in [0.05, 0.1) is 12.7 Å². The van der Waals surface area contributed by atoms with Gasteiger partial charge in [-0.15, -0.1) is 24.8 Å². The quantitative estimate of drug-likeness (QED) is 0.609. The third-order valence-electron chi connectivity index (χ3n) is 6.86. The van der Waals surface area contributed by atoms with Crippen molar-refractivity contribution in [2.75, 3.05) is 50.8 Å². The number of hydrogen-bond acceptors (Lipinski definition) is 4. The number of rotatable bonds is 8. The lowest BCUT2D eigenvalue weighted by Crippen LogP contribution is -2.49. The molecule has 4 unspecified atom stereocenters. The summed E-state index contributed by atoms with van der Waals surface area (Å²) in [6.07, 6.45) is 6.51. The average molecular weight is 449 g/mol. The molecule has 0 aromatic heterocycles. The summed E-state index contributed by atoms with van der Waals surface area (Å²) < 4.78 is 18.8. The molecule has 4 rings (SSSR count). The van der Waals surface area contributed by atoms with Gasteiger partial charge in [0.2, 0.25) is 0 Å². The van der Waals surface area contributed by atoms with Crippen molar-refractivity contribution in [1.82, 2.24) is 4.90 Å². The minimum atomic E-state index is -0.414. The van der Waals surface area contributed by atoms with E-state index < -0.39 is 6.10 Å². The number of aliphatic hydroxyl groups is 1. The Labute approximate surface area is 186 Å². The van der Waals surface area contributed by atoms with E-state index in [4.69, 9.17) is 4.74 Å².